The van der Waals surface area contributed by atoms with Gasteiger partial charge >= 0.3 is 0 Å². The maximum absolute atomic E-state index is 11.8. The van der Waals surface area contributed by atoms with Crippen molar-refractivity contribution in [2.75, 3.05) is 24.9 Å². The lowest BCUT2D eigenvalue weighted by molar-refractivity contribution is -0.116. The zero-order valence-electron chi connectivity index (χ0n) is 14.9. The maximum atomic E-state index is 11.8. The Balaban J connectivity index is 2.12. The number of ether oxygens (including phenoxy) is 2. The van der Waals surface area contributed by atoms with Crippen LogP contribution in [0.4, 0.5) is 17.1 Å². The Morgan fingerprint density at radius 3 is 2.20 bits per heavy atom. The lowest BCUT2D eigenvalue weighted by Gasteiger charge is -2.14. The summed E-state index contributed by atoms with van der Waals surface area (Å²) in [5, 5.41) is 6.63. The van der Waals surface area contributed by atoms with Crippen LogP contribution in [0.2, 0.25) is 5.02 Å². The van der Waals surface area contributed by atoms with Crippen LogP contribution in [-0.4, -0.2) is 20.1 Å². The second-order valence-corrected chi connectivity index (χ2v) is 6.44. The molecule has 0 saturated heterocycles. The van der Waals surface area contributed by atoms with Gasteiger partial charge in [-0.3, -0.25) is 4.79 Å². The summed E-state index contributed by atoms with van der Waals surface area (Å²) >= 11 is 6.12. The Morgan fingerprint density at radius 2 is 1.64 bits per heavy atom. The average Bonchev–Trinajstić information content (AvgIpc) is 2.57. The number of rotatable bonds is 7. The molecule has 5 nitrogen and oxygen atoms in total. The number of hydrogen-bond donors (Lipinski definition) is 2. The topological polar surface area (TPSA) is 59.6 Å². The second kappa shape index (κ2) is 8.62. The van der Waals surface area contributed by atoms with Crippen molar-refractivity contribution >= 4 is 34.6 Å². The molecule has 0 spiro atoms. The summed E-state index contributed by atoms with van der Waals surface area (Å²) < 4.78 is 10.6. The Morgan fingerprint density at radius 1 is 1.04 bits per heavy atom. The first-order valence-corrected chi connectivity index (χ1v) is 8.39. The molecule has 0 fully saturated rings. The van der Waals surface area contributed by atoms with Crippen LogP contribution in [-0.2, 0) is 4.79 Å². The fraction of sp³-hybridized carbons (Fsp3) is 0.316. The molecule has 0 aromatic heterocycles. The van der Waals surface area contributed by atoms with E-state index in [0.29, 0.717) is 28.9 Å². The van der Waals surface area contributed by atoms with Gasteiger partial charge in [0.15, 0.2) is 0 Å². The Kier molecular flexibility index (Phi) is 6.53. The lowest BCUT2D eigenvalue weighted by atomic mass is 10.1. The van der Waals surface area contributed by atoms with E-state index in [0.717, 1.165) is 17.1 Å². The van der Waals surface area contributed by atoms with Crippen LogP contribution in [0.3, 0.4) is 0 Å². The van der Waals surface area contributed by atoms with E-state index < -0.39 is 0 Å². The molecule has 6 heteroatoms. The van der Waals surface area contributed by atoms with Crippen molar-refractivity contribution < 1.29 is 14.3 Å². The Bertz CT molecular complexity index is 730. The molecular formula is C19H23ClN2O3. The zero-order valence-corrected chi connectivity index (χ0v) is 15.6. The van der Waals surface area contributed by atoms with Crippen LogP contribution >= 0.6 is 11.6 Å². The molecule has 2 rings (SSSR count). The first-order valence-electron chi connectivity index (χ1n) is 8.01. The molecule has 2 aromatic carbocycles. The first-order chi connectivity index (χ1) is 11.9. The number of carbonyl (C=O) groups excluding carboxylic acids is 1. The summed E-state index contributed by atoms with van der Waals surface area (Å²) in [5.41, 5.74) is 2.35. The highest BCUT2D eigenvalue weighted by molar-refractivity contribution is 6.32. The van der Waals surface area contributed by atoms with Crippen LogP contribution in [0.1, 0.15) is 20.3 Å². The third kappa shape index (κ3) is 5.29. The van der Waals surface area contributed by atoms with Gasteiger partial charge in [0.05, 0.1) is 24.9 Å². The average molecular weight is 363 g/mol. The summed E-state index contributed by atoms with van der Waals surface area (Å²) in [4.78, 5) is 11.8. The predicted octanol–water partition coefficient (Wildman–Crippen LogP) is 5.09. The minimum atomic E-state index is 0.0137. The molecule has 0 saturated carbocycles. The van der Waals surface area contributed by atoms with E-state index >= 15 is 0 Å². The Hall–Kier alpha value is -2.40. The fourth-order valence-corrected chi connectivity index (χ4v) is 2.56. The third-order valence-electron chi connectivity index (χ3n) is 3.52. The molecule has 0 bridgehead atoms. The van der Waals surface area contributed by atoms with Crippen molar-refractivity contribution in [3.63, 3.8) is 0 Å². The molecule has 0 radical (unpaired) electrons. The van der Waals surface area contributed by atoms with E-state index in [1.807, 2.05) is 38.1 Å². The number of halogens is 1. The van der Waals surface area contributed by atoms with Gasteiger partial charge in [-0.05, 0) is 30.2 Å². The van der Waals surface area contributed by atoms with E-state index in [1.54, 1.807) is 26.4 Å². The first kappa shape index (κ1) is 18.9. The van der Waals surface area contributed by atoms with Gasteiger partial charge in [-0.1, -0.05) is 25.4 Å². The molecule has 2 N–H and O–H groups in total. The third-order valence-corrected chi connectivity index (χ3v) is 3.81. The highest BCUT2D eigenvalue weighted by atomic mass is 35.5. The van der Waals surface area contributed by atoms with Gasteiger partial charge in [-0.15, -0.1) is 0 Å². The fourth-order valence-electron chi connectivity index (χ4n) is 2.33. The van der Waals surface area contributed by atoms with Crippen molar-refractivity contribution in [2.24, 2.45) is 5.92 Å². The number of methoxy groups -OCH3 is 2. The number of carbonyl (C=O) groups is 1. The zero-order chi connectivity index (χ0) is 18.4. The largest absolute Gasteiger partial charge is 0.495 e. The molecule has 0 atom stereocenters. The molecule has 134 valence electrons. The smallest absolute Gasteiger partial charge is 0.224 e. The van der Waals surface area contributed by atoms with E-state index in [4.69, 9.17) is 21.1 Å². The molecular weight excluding hydrogens is 340 g/mol. The monoisotopic (exact) mass is 362 g/mol. The van der Waals surface area contributed by atoms with Gasteiger partial charge < -0.3 is 20.1 Å². The lowest BCUT2D eigenvalue weighted by Crippen LogP contribution is -2.13. The molecule has 1 amide bonds. The summed E-state index contributed by atoms with van der Waals surface area (Å²) in [7, 11) is 3.14. The van der Waals surface area contributed by atoms with Crippen LogP contribution < -0.4 is 20.1 Å². The van der Waals surface area contributed by atoms with E-state index in [1.165, 1.54) is 0 Å². The van der Waals surface area contributed by atoms with Gasteiger partial charge in [0.2, 0.25) is 5.91 Å². The normalized spacial score (nSPS) is 10.5. The SMILES string of the molecule is COc1cc(Nc2ccc(NC(=O)CC(C)C)cc2)c(OC)cc1Cl. The summed E-state index contributed by atoms with van der Waals surface area (Å²) in [6.45, 7) is 4.03. The summed E-state index contributed by atoms with van der Waals surface area (Å²) in [6.07, 6.45) is 0.502. The molecule has 2 aromatic rings. The molecule has 0 aliphatic rings. The van der Waals surface area contributed by atoms with Gasteiger partial charge in [-0.2, -0.15) is 0 Å². The highest BCUT2D eigenvalue weighted by Gasteiger charge is 2.10. The number of anilines is 3. The van der Waals surface area contributed by atoms with Crippen molar-refractivity contribution in [3.8, 4) is 11.5 Å². The van der Waals surface area contributed by atoms with Gasteiger partial charge in [0, 0.05) is 29.9 Å². The minimum absolute atomic E-state index is 0.0137. The molecule has 0 aliphatic heterocycles. The predicted molar refractivity (Wildman–Crippen MR) is 102 cm³/mol. The number of benzene rings is 2. The number of amides is 1. The molecule has 0 aliphatic carbocycles. The minimum Gasteiger partial charge on any atom is -0.495 e. The highest BCUT2D eigenvalue weighted by Crippen LogP contribution is 2.37. The van der Waals surface area contributed by atoms with Crippen molar-refractivity contribution in [3.05, 3.63) is 41.4 Å². The maximum Gasteiger partial charge on any atom is 0.224 e. The van der Waals surface area contributed by atoms with Crippen LogP contribution in [0, 0.1) is 5.92 Å². The van der Waals surface area contributed by atoms with E-state index in [9.17, 15) is 4.79 Å². The van der Waals surface area contributed by atoms with Crippen molar-refractivity contribution in [1.29, 1.82) is 0 Å². The molecule has 25 heavy (non-hydrogen) atoms. The van der Waals surface area contributed by atoms with Crippen LogP contribution in [0.5, 0.6) is 11.5 Å². The van der Waals surface area contributed by atoms with Crippen molar-refractivity contribution in [1.82, 2.24) is 0 Å². The number of nitrogens with one attached hydrogen (secondary N) is 2. The van der Waals surface area contributed by atoms with Crippen LogP contribution in [0.15, 0.2) is 36.4 Å². The molecule has 0 unspecified atom stereocenters. The van der Waals surface area contributed by atoms with E-state index in [-0.39, 0.29) is 5.91 Å². The van der Waals surface area contributed by atoms with Crippen LogP contribution in [0.25, 0.3) is 0 Å². The summed E-state index contributed by atoms with van der Waals surface area (Å²) in [6, 6.07) is 10.9. The molecule has 0 heterocycles. The Labute approximate surface area is 153 Å². The standard InChI is InChI=1S/C19H23ClN2O3/c1-12(2)9-19(23)22-14-7-5-13(6-8-14)21-16-11-17(24-3)15(20)10-18(16)25-4/h5-8,10-12,21H,9H2,1-4H3,(H,22,23). The van der Waals surface area contributed by atoms with E-state index in [2.05, 4.69) is 10.6 Å². The van der Waals surface area contributed by atoms with Crippen molar-refractivity contribution in [2.45, 2.75) is 20.3 Å². The second-order valence-electron chi connectivity index (χ2n) is 6.04. The quantitative estimate of drug-likeness (QED) is 0.720. The van der Waals surface area contributed by atoms with Gasteiger partial charge in [-0.25, -0.2) is 0 Å². The van der Waals surface area contributed by atoms with Gasteiger partial charge in [0.25, 0.3) is 0 Å². The summed E-state index contributed by atoms with van der Waals surface area (Å²) in [5.74, 6) is 1.51. The van der Waals surface area contributed by atoms with Gasteiger partial charge in [0.1, 0.15) is 11.5 Å². The number of hydrogen-bond acceptors (Lipinski definition) is 4.